The van der Waals surface area contributed by atoms with Gasteiger partial charge in [0, 0.05) is 25.7 Å². The summed E-state index contributed by atoms with van der Waals surface area (Å²) in [6, 6.07) is 7.82. The lowest BCUT2D eigenvalue weighted by molar-refractivity contribution is -0.135. The van der Waals surface area contributed by atoms with Crippen molar-refractivity contribution in [3.63, 3.8) is 0 Å². The molecule has 0 spiro atoms. The highest BCUT2D eigenvalue weighted by molar-refractivity contribution is 5.77. The number of aromatic nitrogens is 2. The summed E-state index contributed by atoms with van der Waals surface area (Å²) in [6.45, 7) is 3.18. The van der Waals surface area contributed by atoms with Gasteiger partial charge in [0.2, 0.25) is 5.91 Å². The fraction of sp³-hybridized carbons (Fsp3) is 0.412. The van der Waals surface area contributed by atoms with Crippen LogP contribution in [0.3, 0.4) is 0 Å². The molecule has 0 fully saturated rings. The number of carbonyl (C=O) groups is 1. The third-order valence-corrected chi connectivity index (χ3v) is 4.22. The summed E-state index contributed by atoms with van der Waals surface area (Å²) in [7, 11) is 0. The zero-order chi connectivity index (χ0) is 15.5. The van der Waals surface area contributed by atoms with E-state index in [1.54, 1.807) is 15.8 Å². The maximum absolute atomic E-state index is 12.5. The summed E-state index contributed by atoms with van der Waals surface area (Å²) in [6.07, 6.45) is 4.97. The van der Waals surface area contributed by atoms with Gasteiger partial charge in [0.1, 0.15) is 0 Å². The molecular weight excluding hydrogens is 278 g/mol. The van der Waals surface area contributed by atoms with Crippen LogP contribution in [0.4, 0.5) is 0 Å². The monoisotopic (exact) mass is 299 g/mol. The second-order valence-electron chi connectivity index (χ2n) is 5.77. The summed E-state index contributed by atoms with van der Waals surface area (Å²) in [5.41, 5.74) is 3.39. The van der Waals surface area contributed by atoms with Crippen LogP contribution in [0.5, 0.6) is 0 Å². The molecular formula is C17H21N3O2. The lowest BCUT2D eigenvalue weighted by Crippen LogP contribution is -2.41. The number of aliphatic hydroxyl groups excluding tert-OH is 1. The van der Waals surface area contributed by atoms with Gasteiger partial charge in [-0.15, -0.1) is 0 Å². The van der Waals surface area contributed by atoms with E-state index in [4.69, 9.17) is 0 Å². The van der Waals surface area contributed by atoms with Gasteiger partial charge in [0.05, 0.1) is 18.8 Å². The van der Waals surface area contributed by atoms with Gasteiger partial charge >= 0.3 is 0 Å². The number of carbonyl (C=O) groups excluding carboxylic acids is 1. The van der Waals surface area contributed by atoms with Crippen molar-refractivity contribution in [1.29, 1.82) is 0 Å². The van der Waals surface area contributed by atoms with Crippen molar-refractivity contribution in [1.82, 2.24) is 14.7 Å². The number of aliphatic hydroxyl groups is 1. The average Bonchev–Trinajstić information content (AvgIpc) is 2.97. The van der Waals surface area contributed by atoms with E-state index in [1.165, 1.54) is 5.56 Å². The Morgan fingerprint density at radius 2 is 2.23 bits per heavy atom. The minimum atomic E-state index is -0.225. The summed E-state index contributed by atoms with van der Waals surface area (Å²) in [4.78, 5) is 14.3. The third kappa shape index (κ3) is 2.90. The van der Waals surface area contributed by atoms with E-state index in [-0.39, 0.29) is 18.6 Å². The van der Waals surface area contributed by atoms with Crippen molar-refractivity contribution < 1.29 is 9.90 Å². The topological polar surface area (TPSA) is 58.4 Å². The maximum Gasteiger partial charge on any atom is 0.225 e. The standard InChI is InChI=1S/C17H21N3O2/c1-13-10-18-19(11-13)8-7-17(22)20-9-6-14-4-2-3-5-15(14)16(20)12-21/h2-5,10-11,16,21H,6-9,12H2,1H3. The Morgan fingerprint density at radius 3 is 2.95 bits per heavy atom. The molecule has 1 aromatic carbocycles. The van der Waals surface area contributed by atoms with Crippen molar-refractivity contribution in [2.24, 2.45) is 0 Å². The molecule has 1 aliphatic heterocycles. The number of fused-ring (bicyclic) bond motifs is 1. The first-order valence-electron chi connectivity index (χ1n) is 7.66. The molecule has 3 rings (SSSR count). The van der Waals surface area contributed by atoms with Gasteiger partial charge in [-0.1, -0.05) is 24.3 Å². The van der Waals surface area contributed by atoms with E-state index in [2.05, 4.69) is 11.2 Å². The number of rotatable bonds is 4. The predicted molar refractivity (Wildman–Crippen MR) is 83.3 cm³/mol. The summed E-state index contributed by atoms with van der Waals surface area (Å²) < 4.78 is 1.79. The van der Waals surface area contributed by atoms with Crippen molar-refractivity contribution in [3.05, 3.63) is 53.3 Å². The van der Waals surface area contributed by atoms with Crippen molar-refractivity contribution in [2.75, 3.05) is 13.2 Å². The molecule has 1 aromatic heterocycles. The van der Waals surface area contributed by atoms with Crippen LogP contribution in [0.15, 0.2) is 36.7 Å². The van der Waals surface area contributed by atoms with Gasteiger partial charge in [-0.05, 0) is 30.0 Å². The Kier molecular flexibility index (Phi) is 4.24. The van der Waals surface area contributed by atoms with Gasteiger partial charge in [-0.3, -0.25) is 9.48 Å². The molecule has 1 atom stereocenters. The number of hydrogen-bond acceptors (Lipinski definition) is 3. The second kappa shape index (κ2) is 6.32. The quantitative estimate of drug-likeness (QED) is 0.935. The highest BCUT2D eigenvalue weighted by Gasteiger charge is 2.29. The van der Waals surface area contributed by atoms with Crippen LogP contribution in [-0.2, 0) is 17.8 Å². The van der Waals surface area contributed by atoms with Crippen LogP contribution < -0.4 is 0 Å². The molecule has 0 radical (unpaired) electrons. The summed E-state index contributed by atoms with van der Waals surface area (Å²) in [5.74, 6) is 0.0710. The smallest absolute Gasteiger partial charge is 0.225 e. The molecule has 0 saturated carbocycles. The third-order valence-electron chi connectivity index (χ3n) is 4.22. The molecule has 1 unspecified atom stereocenters. The Hall–Kier alpha value is -2.14. The van der Waals surface area contributed by atoms with Crippen molar-refractivity contribution >= 4 is 5.91 Å². The number of amides is 1. The van der Waals surface area contributed by atoms with Gasteiger partial charge in [-0.25, -0.2) is 0 Å². The first-order chi connectivity index (χ1) is 10.7. The van der Waals surface area contributed by atoms with Crippen molar-refractivity contribution in [3.8, 4) is 0 Å². The van der Waals surface area contributed by atoms with Gasteiger partial charge < -0.3 is 10.0 Å². The van der Waals surface area contributed by atoms with E-state index in [0.29, 0.717) is 19.5 Å². The molecule has 116 valence electrons. The molecule has 0 aliphatic carbocycles. The van der Waals surface area contributed by atoms with Gasteiger partial charge in [-0.2, -0.15) is 5.10 Å². The van der Waals surface area contributed by atoms with Crippen LogP contribution in [0.25, 0.3) is 0 Å². The Morgan fingerprint density at radius 1 is 1.41 bits per heavy atom. The highest BCUT2D eigenvalue weighted by Crippen LogP contribution is 2.29. The maximum atomic E-state index is 12.5. The molecule has 22 heavy (non-hydrogen) atoms. The molecule has 1 amide bonds. The molecule has 1 aliphatic rings. The van der Waals surface area contributed by atoms with E-state index < -0.39 is 0 Å². The Balaban J connectivity index is 1.70. The molecule has 0 saturated heterocycles. The first-order valence-corrected chi connectivity index (χ1v) is 7.66. The van der Waals surface area contributed by atoms with Crippen LogP contribution in [-0.4, -0.2) is 38.8 Å². The van der Waals surface area contributed by atoms with E-state index in [0.717, 1.165) is 17.5 Å². The first kappa shape index (κ1) is 14.8. The number of benzene rings is 1. The zero-order valence-electron chi connectivity index (χ0n) is 12.8. The SMILES string of the molecule is Cc1cnn(CCC(=O)N2CCc3ccccc3C2CO)c1. The summed E-state index contributed by atoms with van der Waals surface area (Å²) >= 11 is 0. The molecule has 1 N–H and O–H groups in total. The molecule has 5 heteroatoms. The minimum Gasteiger partial charge on any atom is -0.394 e. The van der Waals surface area contributed by atoms with Crippen LogP contribution in [0, 0.1) is 6.92 Å². The number of aryl methyl sites for hydroxylation is 2. The van der Waals surface area contributed by atoms with E-state index in [1.807, 2.05) is 31.3 Å². The average molecular weight is 299 g/mol. The molecule has 2 aromatic rings. The fourth-order valence-corrected chi connectivity index (χ4v) is 3.09. The lowest BCUT2D eigenvalue weighted by Gasteiger charge is -2.36. The van der Waals surface area contributed by atoms with Gasteiger partial charge in [0.15, 0.2) is 0 Å². The van der Waals surface area contributed by atoms with Crippen LogP contribution in [0.1, 0.15) is 29.2 Å². The largest absolute Gasteiger partial charge is 0.394 e. The molecule has 2 heterocycles. The highest BCUT2D eigenvalue weighted by atomic mass is 16.3. The fourth-order valence-electron chi connectivity index (χ4n) is 3.09. The number of nitrogens with zero attached hydrogens (tertiary/aromatic N) is 3. The minimum absolute atomic E-state index is 0.0381. The summed E-state index contributed by atoms with van der Waals surface area (Å²) in [5, 5.41) is 13.9. The second-order valence-corrected chi connectivity index (χ2v) is 5.77. The molecule has 5 nitrogen and oxygen atoms in total. The Labute approximate surface area is 130 Å². The number of hydrogen-bond donors (Lipinski definition) is 1. The zero-order valence-corrected chi connectivity index (χ0v) is 12.8. The van der Waals surface area contributed by atoms with Crippen LogP contribution in [0.2, 0.25) is 0 Å². The normalized spacial score (nSPS) is 17.4. The van der Waals surface area contributed by atoms with Gasteiger partial charge in [0.25, 0.3) is 0 Å². The lowest BCUT2D eigenvalue weighted by atomic mass is 9.93. The molecule has 0 bridgehead atoms. The Bertz CT molecular complexity index is 665. The predicted octanol–water partition coefficient (Wildman–Crippen LogP) is 1.70. The van der Waals surface area contributed by atoms with Crippen LogP contribution >= 0.6 is 0 Å². The van der Waals surface area contributed by atoms with Crippen molar-refractivity contribution in [2.45, 2.75) is 32.4 Å². The van der Waals surface area contributed by atoms with E-state index in [9.17, 15) is 9.90 Å². The van der Waals surface area contributed by atoms with E-state index >= 15 is 0 Å².